The van der Waals surface area contributed by atoms with Gasteiger partial charge < -0.3 is 9.64 Å². The molecule has 2 aliphatic heterocycles. The molecular weight excluding hydrogens is 414 g/mol. The largest absolute Gasteiger partial charge is 0.467 e. The fourth-order valence-electron chi connectivity index (χ4n) is 4.03. The Morgan fingerprint density at radius 2 is 1.89 bits per heavy atom. The summed E-state index contributed by atoms with van der Waals surface area (Å²) in [6, 6.07) is 4.17. The third-order valence-electron chi connectivity index (χ3n) is 5.67. The average Bonchev–Trinajstić information content (AvgIpc) is 3.41. The van der Waals surface area contributed by atoms with Crippen molar-refractivity contribution in [1.82, 2.24) is 14.2 Å². The van der Waals surface area contributed by atoms with Crippen LogP contribution in [0.1, 0.15) is 37.5 Å². The lowest BCUT2D eigenvalue weighted by Crippen LogP contribution is -2.50. The van der Waals surface area contributed by atoms with E-state index in [4.69, 9.17) is 4.74 Å². The van der Waals surface area contributed by atoms with E-state index in [0.717, 1.165) is 55.3 Å². The van der Waals surface area contributed by atoms with Crippen LogP contribution in [0.2, 0.25) is 0 Å². The Labute approximate surface area is 175 Å². The highest BCUT2D eigenvalue weighted by molar-refractivity contribution is 7.91. The van der Waals surface area contributed by atoms with E-state index in [0.29, 0.717) is 23.3 Å². The zero-order chi connectivity index (χ0) is 19.6. The van der Waals surface area contributed by atoms with E-state index in [1.54, 1.807) is 27.9 Å². The number of piperidine rings is 2. The standard InChI is InChI=1S/C19H27N3O3S3/c1-2-17-3-4-18(27-17)28(23,24)22-12-5-15(6-13-22)21-10-7-16(8-11-21)25-19-20-9-14-26-19/h3-4,9,14-16H,2,5-8,10-13H2,1H3. The minimum absolute atomic E-state index is 0.245. The van der Waals surface area contributed by atoms with Crippen LogP contribution in [0.15, 0.2) is 27.9 Å². The predicted molar refractivity (Wildman–Crippen MR) is 113 cm³/mol. The molecular formula is C19H27N3O3S3. The summed E-state index contributed by atoms with van der Waals surface area (Å²) in [5, 5.41) is 2.70. The van der Waals surface area contributed by atoms with Gasteiger partial charge in [-0.1, -0.05) is 18.3 Å². The van der Waals surface area contributed by atoms with Crippen molar-refractivity contribution < 1.29 is 13.2 Å². The molecule has 4 heterocycles. The maximum absolute atomic E-state index is 12.9. The van der Waals surface area contributed by atoms with Gasteiger partial charge in [-0.25, -0.2) is 13.4 Å². The number of hydrogen-bond donors (Lipinski definition) is 0. The zero-order valence-electron chi connectivity index (χ0n) is 16.1. The molecule has 2 aliphatic rings. The fourth-order valence-corrected chi connectivity index (χ4v) is 7.50. The van der Waals surface area contributed by atoms with Gasteiger partial charge in [0.25, 0.3) is 15.2 Å². The molecule has 2 aromatic heterocycles. The lowest BCUT2D eigenvalue weighted by Gasteiger charge is -2.41. The van der Waals surface area contributed by atoms with Gasteiger partial charge in [-0.15, -0.1) is 11.3 Å². The Bertz CT molecular complexity index is 850. The number of ether oxygens (including phenoxy) is 1. The number of aryl methyl sites for hydroxylation is 1. The summed E-state index contributed by atoms with van der Waals surface area (Å²) in [5.41, 5.74) is 0. The van der Waals surface area contributed by atoms with Crippen molar-refractivity contribution in [2.75, 3.05) is 26.2 Å². The molecule has 2 fully saturated rings. The van der Waals surface area contributed by atoms with Crippen LogP contribution in [-0.4, -0.2) is 60.9 Å². The van der Waals surface area contributed by atoms with Crippen LogP contribution < -0.4 is 4.74 Å². The molecule has 28 heavy (non-hydrogen) atoms. The highest BCUT2D eigenvalue weighted by Gasteiger charge is 2.34. The van der Waals surface area contributed by atoms with Crippen molar-refractivity contribution >= 4 is 32.7 Å². The van der Waals surface area contributed by atoms with Gasteiger partial charge in [-0.05, 0) is 44.2 Å². The Morgan fingerprint density at radius 3 is 2.50 bits per heavy atom. The lowest BCUT2D eigenvalue weighted by molar-refractivity contribution is 0.0584. The summed E-state index contributed by atoms with van der Waals surface area (Å²) in [6.07, 6.45) is 6.72. The number of hydrogen-bond acceptors (Lipinski definition) is 7. The van der Waals surface area contributed by atoms with E-state index in [9.17, 15) is 8.42 Å². The number of likely N-dealkylation sites (tertiary alicyclic amines) is 1. The maximum Gasteiger partial charge on any atom is 0.273 e. The minimum atomic E-state index is -3.34. The van der Waals surface area contributed by atoms with Gasteiger partial charge in [0.2, 0.25) is 0 Å². The normalized spacial score (nSPS) is 21.2. The second-order valence-electron chi connectivity index (χ2n) is 7.36. The van der Waals surface area contributed by atoms with Crippen LogP contribution in [0.4, 0.5) is 0 Å². The molecule has 2 saturated heterocycles. The van der Waals surface area contributed by atoms with E-state index in [1.165, 1.54) is 11.3 Å². The molecule has 0 bridgehead atoms. The maximum atomic E-state index is 12.9. The summed E-state index contributed by atoms with van der Waals surface area (Å²) in [4.78, 5) is 7.84. The van der Waals surface area contributed by atoms with Crippen molar-refractivity contribution in [3.8, 4) is 5.19 Å². The minimum Gasteiger partial charge on any atom is -0.467 e. The summed E-state index contributed by atoms with van der Waals surface area (Å²) < 4.78 is 33.9. The highest BCUT2D eigenvalue weighted by atomic mass is 32.2. The molecule has 6 nitrogen and oxygen atoms in total. The number of thiazole rings is 1. The molecule has 0 saturated carbocycles. The summed E-state index contributed by atoms with van der Waals surface area (Å²) in [7, 11) is -3.34. The smallest absolute Gasteiger partial charge is 0.273 e. The molecule has 0 amide bonds. The number of aromatic nitrogens is 1. The first-order valence-electron chi connectivity index (χ1n) is 9.95. The van der Waals surface area contributed by atoms with Gasteiger partial charge in [0, 0.05) is 48.7 Å². The van der Waals surface area contributed by atoms with Crippen molar-refractivity contribution in [2.24, 2.45) is 0 Å². The quantitative estimate of drug-likeness (QED) is 0.687. The Kier molecular flexibility index (Phi) is 6.37. The van der Waals surface area contributed by atoms with Crippen LogP contribution in [0, 0.1) is 0 Å². The first kappa shape index (κ1) is 20.3. The third kappa shape index (κ3) is 4.43. The number of rotatable bonds is 6. The topological polar surface area (TPSA) is 62.7 Å². The molecule has 0 N–H and O–H groups in total. The van der Waals surface area contributed by atoms with Crippen molar-refractivity contribution in [3.63, 3.8) is 0 Å². The van der Waals surface area contributed by atoms with Crippen LogP contribution in [0.3, 0.4) is 0 Å². The van der Waals surface area contributed by atoms with Crippen LogP contribution in [0.25, 0.3) is 0 Å². The molecule has 0 spiro atoms. The summed E-state index contributed by atoms with van der Waals surface area (Å²) in [6.45, 7) is 5.30. The molecule has 9 heteroatoms. The van der Waals surface area contributed by atoms with Gasteiger partial charge in [-0.3, -0.25) is 0 Å². The fraction of sp³-hybridized carbons (Fsp3) is 0.632. The molecule has 2 aromatic rings. The number of nitrogens with zero attached hydrogens (tertiary/aromatic N) is 3. The molecule has 0 radical (unpaired) electrons. The zero-order valence-corrected chi connectivity index (χ0v) is 18.6. The lowest BCUT2D eigenvalue weighted by atomic mass is 10.00. The first-order valence-corrected chi connectivity index (χ1v) is 13.1. The van der Waals surface area contributed by atoms with Gasteiger partial charge in [-0.2, -0.15) is 4.31 Å². The molecule has 154 valence electrons. The van der Waals surface area contributed by atoms with Gasteiger partial charge in [0.15, 0.2) is 0 Å². The average molecular weight is 442 g/mol. The van der Waals surface area contributed by atoms with Crippen molar-refractivity contribution in [2.45, 2.75) is 55.4 Å². The molecule has 0 atom stereocenters. The molecule has 0 aliphatic carbocycles. The van der Waals surface area contributed by atoms with Crippen LogP contribution in [-0.2, 0) is 16.4 Å². The number of thiophene rings is 1. The highest BCUT2D eigenvalue weighted by Crippen LogP contribution is 2.29. The van der Waals surface area contributed by atoms with Gasteiger partial charge in [0.1, 0.15) is 10.3 Å². The first-order chi connectivity index (χ1) is 13.6. The van der Waals surface area contributed by atoms with E-state index >= 15 is 0 Å². The van der Waals surface area contributed by atoms with E-state index in [-0.39, 0.29) is 6.10 Å². The van der Waals surface area contributed by atoms with Crippen LogP contribution >= 0.6 is 22.7 Å². The van der Waals surface area contributed by atoms with E-state index in [1.807, 2.05) is 11.4 Å². The predicted octanol–water partition coefficient (Wildman–Crippen LogP) is 3.46. The third-order valence-corrected chi connectivity index (χ3v) is 9.93. The Hall–Kier alpha value is -1.00. The monoisotopic (exact) mass is 441 g/mol. The molecule has 4 rings (SSSR count). The molecule has 0 aromatic carbocycles. The Balaban J connectivity index is 1.27. The van der Waals surface area contributed by atoms with Crippen molar-refractivity contribution in [1.29, 1.82) is 0 Å². The van der Waals surface area contributed by atoms with E-state index < -0.39 is 10.0 Å². The second-order valence-corrected chi connectivity index (χ2v) is 11.6. The Morgan fingerprint density at radius 1 is 1.14 bits per heavy atom. The summed E-state index contributed by atoms with van der Waals surface area (Å²) in [5.74, 6) is 0. The number of sulfonamides is 1. The SMILES string of the molecule is CCc1ccc(S(=O)(=O)N2CCC(N3CCC(Oc4nccs4)CC3)CC2)s1. The summed E-state index contributed by atoms with van der Waals surface area (Å²) >= 11 is 2.95. The van der Waals surface area contributed by atoms with Gasteiger partial charge >= 0.3 is 0 Å². The second kappa shape index (κ2) is 8.79. The molecule has 0 unspecified atom stereocenters. The van der Waals surface area contributed by atoms with Crippen LogP contribution in [0.5, 0.6) is 5.19 Å². The van der Waals surface area contributed by atoms with E-state index in [2.05, 4.69) is 16.8 Å². The van der Waals surface area contributed by atoms with Crippen molar-refractivity contribution in [3.05, 3.63) is 28.6 Å². The van der Waals surface area contributed by atoms with Gasteiger partial charge in [0.05, 0.1) is 0 Å².